The van der Waals surface area contributed by atoms with Crippen molar-refractivity contribution in [3.05, 3.63) is 18.3 Å². The Morgan fingerprint density at radius 3 is 3.23 bits per heavy atom. The Labute approximate surface area is 77.0 Å². The summed E-state index contributed by atoms with van der Waals surface area (Å²) in [6.45, 7) is 2.10. The van der Waals surface area contributed by atoms with Crippen molar-refractivity contribution < 1.29 is 0 Å². The molecule has 2 aromatic rings. The first kappa shape index (κ1) is 8.10. The SMILES string of the molecule is CC[B]c1ccn2nc(N)nc2c1. The van der Waals surface area contributed by atoms with Crippen LogP contribution in [0.25, 0.3) is 5.65 Å². The van der Waals surface area contributed by atoms with Crippen molar-refractivity contribution in [2.75, 3.05) is 5.73 Å². The fourth-order valence-electron chi connectivity index (χ4n) is 1.28. The molecule has 0 saturated heterocycles. The van der Waals surface area contributed by atoms with Gasteiger partial charge >= 0.3 is 0 Å². The largest absolute Gasteiger partial charge is 0.366 e. The van der Waals surface area contributed by atoms with E-state index in [-0.39, 0.29) is 0 Å². The molecule has 2 heterocycles. The van der Waals surface area contributed by atoms with Crippen LogP contribution in [-0.2, 0) is 0 Å². The fraction of sp³-hybridized carbons (Fsp3) is 0.250. The lowest BCUT2D eigenvalue weighted by Crippen LogP contribution is -2.13. The number of aromatic nitrogens is 3. The number of rotatable bonds is 2. The van der Waals surface area contributed by atoms with Gasteiger partial charge < -0.3 is 5.73 Å². The Morgan fingerprint density at radius 2 is 2.46 bits per heavy atom. The van der Waals surface area contributed by atoms with Gasteiger partial charge in [0.2, 0.25) is 5.95 Å². The quantitative estimate of drug-likeness (QED) is 0.654. The van der Waals surface area contributed by atoms with Crippen LogP contribution in [0, 0.1) is 0 Å². The average molecular weight is 173 g/mol. The highest BCUT2D eigenvalue weighted by Crippen LogP contribution is 1.99. The minimum absolute atomic E-state index is 0.314. The van der Waals surface area contributed by atoms with Crippen molar-refractivity contribution in [3.8, 4) is 0 Å². The molecule has 0 atom stereocenters. The standard InChI is InChI=1S/C8H10BN4/c1-2-9-6-3-4-13-7(5-6)11-8(10)12-13/h3-5H,2H2,1H3,(H2,10,12). The number of hydrogen-bond acceptors (Lipinski definition) is 3. The highest BCUT2D eigenvalue weighted by molar-refractivity contribution is 6.53. The third kappa shape index (κ3) is 1.49. The Balaban J connectivity index is 2.48. The molecular weight excluding hydrogens is 163 g/mol. The monoisotopic (exact) mass is 173 g/mol. The maximum atomic E-state index is 5.46. The van der Waals surface area contributed by atoms with Crippen LogP contribution in [0.4, 0.5) is 5.95 Å². The van der Waals surface area contributed by atoms with E-state index in [1.807, 2.05) is 18.3 Å². The highest BCUT2D eigenvalue weighted by Gasteiger charge is 2.00. The third-order valence-corrected chi connectivity index (χ3v) is 1.82. The molecule has 0 saturated carbocycles. The third-order valence-electron chi connectivity index (χ3n) is 1.82. The van der Waals surface area contributed by atoms with Gasteiger partial charge in [-0.25, -0.2) is 4.52 Å². The molecule has 4 nitrogen and oxygen atoms in total. The molecule has 0 aromatic carbocycles. The molecule has 13 heavy (non-hydrogen) atoms. The van der Waals surface area contributed by atoms with E-state index >= 15 is 0 Å². The van der Waals surface area contributed by atoms with Gasteiger partial charge in [-0.05, 0) is 12.1 Å². The van der Waals surface area contributed by atoms with E-state index in [9.17, 15) is 0 Å². The van der Waals surface area contributed by atoms with Crippen LogP contribution in [0.5, 0.6) is 0 Å². The number of anilines is 1. The molecule has 0 bridgehead atoms. The predicted molar refractivity (Wildman–Crippen MR) is 53.3 cm³/mol. The predicted octanol–water partition coefficient (Wildman–Crippen LogP) is 0.0792. The van der Waals surface area contributed by atoms with Crippen molar-refractivity contribution in [1.29, 1.82) is 0 Å². The lowest BCUT2D eigenvalue weighted by atomic mass is 9.68. The van der Waals surface area contributed by atoms with Crippen molar-refractivity contribution in [2.24, 2.45) is 0 Å². The Kier molecular flexibility index (Phi) is 1.92. The number of nitrogen functional groups attached to an aromatic ring is 1. The van der Waals surface area contributed by atoms with Crippen LogP contribution in [0.3, 0.4) is 0 Å². The maximum Gasteiger partial charge on any atom is 0.240 e. The van der Waals surface area contributed by atoms with E-state index < -0.39 is 0 Å². The van der Waals surface area contributed by atoms with Crippen LogP contribution in [0.1, 0.15) is 6.92 Å². The summed E-state index contributed by atoms with van der Waals surface area (Å²) in [5.41, 5.74) is 7.41. The molecule has 0 aliphatic rings. The molecule has 2 N–H and O–H groups in total. The molecule has 2 aromatic heterocycles. The molecule has 5 heteroatoms. The minimum Gasteiger partial charge on any atom is -0.366 e. The van der Waals surface area contributed by atoms with Gasteiger partial charge in [-0.1, -0.05) is 18.7 Å². The van der Waals surface area contributed by atoms with Crippen molar-refractivity contribution in [2.45, 2.75) is 13.2 Å². The second kappa shape index (κ2) is 3.09. The van der Waals surface area contributed by atoms with Gasteiger partial charge in [0.25, 0.3) is 0 Å². The zero-order chi connectivity index (χ0) is 9.26. The maximum absolute atomic E-state index is 5.46. The lowest BCUT2D eigenvalue weighted by molar-refractivity contribution is 0.970. The van der Waals surface area contributed by atoms with Crippen molar-refractivity contribution >= 4 is 24.3 Å². The van der Waals surface area contributed by atoms with E-state index in [4.69, 9.17) is 5.73 Å². The number of hydrogen-bond donors (Lipinski definition) is 1. The molecule has 0 amide bonds. The smallest absolute Gasteiger partial charge is 0.240 e. The van der Waals surface area contributed by atoms with Gasteiger partial charge in [-0.15, -0.1) is 5.10 Å². The van der Waals surface area contributed by atoms with Crippen LogP contribution in [0.2, 0.25) is 6.32 Å². The summed E-state index contributed by atoms with van der Waals surface area (Å²) in [5.74, 6) is 0.314. The van der Waals surface area contributed by atoms with Gasteiger partial charge in [-0.2, -0.15) is 4.98 Å². The molecule has 0 spiro atoms. The van der Waals surface area contributed by atoms with Crippen molar-refractivity contribution in [1.82, 2.24) is 14.6 Å². The molecule has 0 fully saturated rings. The van der Waals surface area contributed by atoms with Gasteiger partial charge in [-0.3, -0.25) is 0 Å². The van der Waals surface area contributed by atoms with Gasteiger partial charge in [0, 0.05) is 6.20 Å². The average Bonchev–Trinajstić information content (AvgIpc) is 2.44. The fourth-order valence-corrected chi connectivity index (χ4v) is 1.28. The molecule has 0 unspecified atom stereocenters. The number of fused-ring (bicyclic) bond motifs is 1. The molecule has 65 valence electrons. The topological polar surface area (TPSA) is 56.2 Å². The number of nitrogens with two attached hydrogens (primary N) is 1. The van der Waals surface area contributed by atoms with Crippen LogP contribution >= 0.6 is 0 Å². The zero-order valence-corrected chi connectivity index (χ0v) is 7.44. The summed E-state index contributed by atoms with van der Waals surface area (Å²) < 4.78 is 1.67. The van der Waals surface area contributed by atoms with Crippen molar-refractivity contribution in [3.63, 3.8) is 0 Å². The zero-order valence-electron chi connectivity index (χ0n) is 7.44. The van der Waals surface area contributed by atoms with E-state index in [1.165, 1.54) is 0 Å². The second-order valence-corrected chi connectivity index (χ2v) is 2.85. The minimum atomic E-state index is 0.314. The molecular formula is C8H10BN4. The Morgan fingerprint density at radius 1 is 1.62 bits per heavy atom. The van der Waals surface area contributed by atoms with E-state index in [2.05, 4.69) is 24.3 Å². The molecule has 0 aliphatic carbocycles. The molecule has 0 aliphatic heterocycles. The first-order valence-corrected chi connectivity index (χ1v) is 4.24. The summed E-state index contributed by atoms with van der Waals surface area (Å²) in [4.78, 5) is 4.07. The number of nitrogens with zero attached hydrogens (tertiary/aromatic N) is 3. The summed E-state index contributed by atoms with van der Waals surface area (Å²) in [5, 5.41) is 3.98. The second-order valence-electron chi connectivity index (χ2n) is 2.85. The highest BCUT2D eigenvalue weighted by atomic mass is 15.3. The van der Waals surface area contributed by atoms with Crippen LogP contribution < -0.4 is 11.2 Å². The van der Waals surface area contributed by atoms with Gasteiger partial charge in [0.05, 0.1) is 0 Å². The summed E-state index contributed by atoms with van der Waals surface area (Å²) >= 11 is 0. The summed E-state index contributed by atoms with van der Waals surface area (Å²) in [6, 6.07) is 3.96. The lowest BCUT2D eigenvalue weighted by Gasteiger charge is -1.96. The Bertz CT molecular complexity index is 423. The first-order chi connectivity index (χ1) is 6.29. The molecule has 1 radical (unpaired) electrons. The van der Waals surface area contributed by atoms with Gasteiger partial charge in [0.15, 0.2) is 12.9 Å². The normalized spacial score (nSPS) is 10.5. The van der Waals surface area contributed by atoms with E-state index in [0.717, 1.165) is 17.4 Å². The van der Waals surface area contributed by atoms with E-state index in [1.54, 1.807) is 4.52 Å². The Hall–Kier alpha value is -1.52. The summed E-state index contributed by atoms with van der Waals surface area (Å²) in [7, 11) is 2.13. The van der Waals surface area contributed by atoms with Gasteiger partial charge in [0.1, 0.15) is 0 Å². The number of pyridine rings is 1. The summed E-state index contributed by atoms with van der Waals surface area (Å²) in [6.07, 6.45) is 2.87. The molecule has 2 rings (SSSR count). The first-order valence-electron chi connectivity index (χ1n) is 4.24. The van der Waals surface area contributed by atoms with E-state index in [0.29, 0.717) is 5.95 Å². The van der Waals surface area contributed by atoms with Crippen LogP contribution in [0.15, 0.2) is 18.3 Å². The van der Waals surface area contributed by atoms with Crippen LogP contribution in [-0.4, -0.2) is 21.9 Å².